The van der Waals surface area contributed by atoms with Gasteiger partial charge in [0, 0.05) is 31.7 Å². The predicted molar refractivity (Wildman–Crippen MR) is 125 cm³/mol. The highest BCUT2D eigenvalue weighted by atomic mass is 35.5. The van der Waals surface area contributed by atoms with Crippen LogP contribution in [0.2, 0.25) is 5.02 Å². The van der Waals surface area contributed by atoms with Crippen molar-refractivity contribution in [3.05, 3.63) is 83.1 Å². The summed E-state index contributed by atoms with van der Waals surface area (Å²) in [6, 6.07) is 15.8. The van der Waals surface area contributed by atoms with E-state index >= 15 is 0 Å². The number of rotatable bonds is 5. The Balaban J connectivity index is 1.48. The quantitative estimate of drug-likeness (QED) is 0.566. The third-order valence-corrected chi connectivity index (χ3v) is 7.08. The van der Waals surface area contributed by atoms with Crippen LogP contribution in [-0.2, 0) is 10.0 Å². The third-order valence-electron chi connectivity index (χ3n) is 5.37. The van der Waals surface area contributed by atoms with Crippen LogP contribution in [-0.4, -0.2) is 50.5 Å². The first kappa shape index (κ1) is 22.9. The highest BCUT2D eigenvalue weighted by Crippen LogP contribution is 2.29. The number of phenols is 1. The average molecular weight is 490 g/mol. The van der Waals surface area contributed by atoms with E-state index in [-0.39, 0.29) is 32.8 Å². The molecule has 0 atom stereocenters. The first-order valence-electron chi connectivity index (χ1n) is 10.1. The molecule has 4 rings (SSSR count). The molecule has 2 N–H and O–H groups in total. The van der Waals surface area contributed by atoms with Crippen molar-refractivity contribution in [3.63, 3.8) is 0 Å². The predicted octanol–water partition coefficient (Wildman–Crippen LogP) is 3.95. The summed E-state index contributed by atoms with van der Waals surface area (Å²) in [6.07, 6.45) is 0. The van der Waals surface area contributed by atoms with Crippen molar-refractivity contribution in [3.8, 4) is 5.75 Å². The number of nitrogens with zero attached hydrogens (tertiary/aromatic N) is 2. The van der Waals surface area contributed by atoms with E-state index in [2.05, 4.69) is 4.72 Å². The number of amides is 1. The smallest absolute Gasteiger partial charge is 0.261 e. The molecule has 1 fully saturated rings. The van der Waals surface area contributed by atoms with Gasteiger partial charge in [-0.15, -0.1) is 0 Å². The van der Waals surface area contributed by atoms with Gasteiger partial charge in [0.2, 0.25) is 0 Å². The third kappa shape index (κ3) is 5.04. The number of piperazine rings is 1. The molecule has 0 radical (unpaired) electrons. The van der Waals surface area contributed by atoms with E-state index in [1.165, 1.54) is 18.2 Å². The summed E-state index contributed by atoms with van der Waals surface area (Å²) in [4.78, 5) is 16.6. The molecule has 0 saturated carbocycles. The van der Waals surface area contributed by atoms with Crippen molar-refractivity contribution in [1.29, 1.82) is 0 Å². The maximum Gasteiger partial charge on any atom is 0.261 e. The van der Waals surface area contributed by atoms with Crippen molar-refractivity contribution < 1.29 is 22.7 Å². The molecule has 7 nitrogen and oxygen atoms in total. The molecular weight excluding hydrogens is 469 g/mol. The lowest BCUT2D eigenvalue weighted by molar-refractivity contribution is 0.0746. The van der Waals surface area contributed by atoms with E-state index in [1.54, 1.807) is 17.0 Å². The zero-order valence-electron chi connectivity index (χ0n) is 17.4. The topological polar surface area (TPSA) is 90.0 Å². The summed E-state index contributed by atoms with van der Waals surface area (Å²) in [5.74, 6) is -0.624. The molecule has 1 saturated heterocycles. The van der Waals surface area contributed by atoms with E-state index < -0.39 is 15.8 Å². The molecule has 10 heteroatoms. The number of benzene rings is 3. The molecule has 1 aliphatic heterocycles. The van der Waals surface area contributed by atoms with Crippen LogP contribution in [0.15, 0.2) is 71.6 Å². The highest BCUT2D eigenvalue weighted by Gasteiger charge is 2.24. The van der Waals surface area contributed by atoms with Crippen LogP contribution in [0.1, 0.15) is 10.4 Å². The maximum absolute atomic E-state index is 13.1. The molecule has 3 aromatic carbocycles. The van der Waals surface area contributed by atoms with Gasteiger partial charge in [-0.2, -0.15) is 0 Å². The number of phenolic OH excluding ortho intramolecular Hbond substituents is 1. The fraction of sp³-hybridized carbons (Fsp3) is 0.174. The molecule has 1 heterocycles. The van der Waals surface area contributed by atoms with Crippen LogP contribution >= 0.6 is 11.6 Å². The van der Waals surface area contributed by atoms with Crippen LogP contribution in [0.3, 0.4) is 0 Å². The zero-order chi connectivity index (χ0) is 23.6. The largest absolute Gasteiger partial charge is 0.506 e. The number of hydrogen-bond acceptors (Lipinski definition) is 5. The molecule has 3 aromatic rings. The minimum absolute atomic E-state index is 0.0553. The van der Waals surface area contributed by atoms with Crippen LogP contribution in [0.4, 0.5) is 15.8 Å². The Morgan fingerprint density at radius 2 is 1.64 bits per heavy atom. The molecule has 33 heavy (non-hydrogen) atoms. The monoisotopic (exact) mass is 489 g/mol. The van der Waals surface area contributed by atoms with Gasteiger partial charge < -0.3 is 14.9 Å². The van der Waals surface area contributed by atoms with Crippen molar-refractivity contribution in [2.45, 2.75) is 4.90 Å². The fourth-order valence-electron chi connectivity index (χ4n) is 3.62. The lowest BCUT2D eigenvalue weighted by Crippen LogP contribution is -2.48. The van der Waals surface area contributed by atoms with E-state index in [0.717, 1.165) is 24.3 Å². The van der Waals surface area contributed by atoms with Crippen molar-refractivity contribution >= 4 is 38.9 Å². The number of carbonyl (C=O) groups is 1. The lowest BCUT2D eigenvalue weighted by Gasteiger charge is -2.36. The van der Waals surface area contributed by atoms with Crippen LogP contribution in [0, 0.1) is 5.82 Å². The number of carbonyl (C=O) groups excluding carboxylic acids is 1. The Hall–Kier alpha value is -3.30. The normalized spacial score (nSPS) is 14.2. The Morgan fingerprint density at radius 1 is 0.970 bits per heavy atom. The molecule has 0 aliphatic carbocycles. The van der Waals surface area contributed by atoms with Gasteiger partial charge in [-0.3, -0.25) is 9.52 Å². The van der Waals surface area contributed by atoms with Gasteiger partial charge in [-0.05, 0) is 54.6 Å². The van der Waals surface area contributed by atoms with Crippen molar-refractivity contribution in [1.82, 2.24) is 4.90 Å². The van der Waals surface area contributed by atoms with Gasteiger partial charge in [-0.1, -0.05) is 23.7 Å². The number of sulfonamides is 1. The summed E-state index contributed by atoms with van der Waals surface area (Å²) in [5.41, 5.74) is 1.06. The minimum Gasteiger partial charge on any atom is -0.506 e. The molecule has 1 aliphatic rings. The second-order valence-electron chi connectivity index (χ2n) is 7.52. The number of halogens is 2. The van der Waals surface area contributed by atoms with E-state index in [4.69, 9.17) is 11.6 Å². The average Bonchev–Trinajstić information content (AvgIpc) is 2.81. The van der Waals surface area contributed by atoms with Gasteiger partial charge in [0.1, 0.15) is 11.6 Å². The first-order chi connectivity index (χ1) is 15.7. The first-order valence-corrected chi connectivity index (χ1v) is 12.0. The summed E-state index contributed by atoms with van der Waals surface area (Å²) in [5, 5.41) is 10.2. The number of aromatic hydroxyl groups is 1. The Bertz CT molecular complexity index is 1280. The molecule has 0 spiro atoms. The van der Waals surface area contributed by atoms with Gasteiger partial charge >= 0.3 is 0 Å². The van der Waals surface area contributed by atoms with E-state index in [0.29, 0.717) is 31.9 Å². The number of para-hydroxylation sites is 2. The number of anilines is 2. The number of nitrogens with one attached hydrogen (secondary N) is 1. The molecular formula is C23H21ClFN3O4S. The second-order valence-corrected chi connectivity index (χ2v) is 9.61. The second kappa shape index (κ2) is 9.29. The van der Waals surface area contributed by atoms with E-state index in [1.807, 2.05) is 17.0 Å². The van der Waals surface area contributed by atoms with E-state index in [9.17, 15) is 22.7 Å². The van der Waals surface area contributed by atoms with Crippen molar-refractivity contribution in [2.24, 2.45) is 0 Å². The maximum atomic E-state index is 13.1. The minimum atomic E-state index is -4.02. The van der Waals surface area contributed by atoms with Gasteiger partial charge in [0.05, 0.1) is 21.3 Å². The Morgan fingerprint density at radius 3 is 2.30 bits per heavy atom. The SMILES string of the molecule is O=C(c1ccc(Cl)c(NS(=O)(=O)c2ccc(F)cc2)c1)N1CCN(c2ccccc2O)CC1. The van der Waals surface area contributed by atoms with Crippen molar-refractivity contribution in [2.75, 3.05) is 35.8 Å². The molecule has 172 valence electrons. The Kier molecular flexibility index (Phi) is 6.44. The standard InChI is InChI=1S/C23H21ClFN3O4S/c24-19-10-5-16(15-20(19)26-33(31,32)18-8-6-17(25)7-9-18)23(30)28-13-11-27(12-14-28)21-3-1-2-4-22(21)29/h1-10,15,26,29H,11-14H2. The summed E-state index contributed by atoms with van der Waals surface area (Å²) in [7, 11) is -4.02. The van der Waals surface area contributed by atoms with Crippen LogP contribution < -0.4 is 9.62 Å². The van der Waals surface area contributed by atoms with Crippen LogP contribution in [0.25, 0.3) is 0 Å². The lowest BCUT2D eigenvalue weighted by atomic mass is 10.1. The molecule has 0 unspecified atom stereocenters. The zero-order valence-corrected chi connectivity index (χ0v) is 19.0. The van der Waals surface area contributed by atoms with Gasteiger partial charge in [-0.25, -0.2) is 12.8 Å². The van der Waals surface area contributed by atoms with Gasteiger partial charge in [0.15, 0.2) is 0 Å². The summed E-state index contributed by atoms with van der Waals surface area (Å²) >= 11 is 6.16. The molecule has 0 aromatic heterocycles. The number of hydrogen-bond donors (Lipinski definition) is 2. The summed E-state index contributed by atoms with van der Waals surface area (Å²) in [6.45, 7) is 1.96. The Labute approximate surface area is 196 Å². The van der Waals surface area contributed by atoms with Gasteiger partial charge in [0.25, 0.3) is 15.9 Å². The van der Waals surface area contributed by atoms with Crippen LogP contribution in [0.5, 0.6) is 5.75 Å². The highest BCUT2D eigenvalue weighted by molar-refractivity contribution is 7.92. The summed E-state index contributed by atoms with van der Waals surface area (Å²) < 4.78 is 40.8. The molecule has 0 bridgehead atoms. The fourth-order valence-corrected chi connectivity index (χ4v) is 4.91. The molecule has 1 amide bonds.